The third-order valence-electron chi connectivity index (χ3n) is 6.97. The van der Waals surface area contributed by atoms with E-state index >= 15 is 0 Å². The van der Waals surface area contributed by atoms with E-state index < -0.39 is 23.6 Å². The summed E-state index contributed by atoms with van der Waals surface area (Å²) in [5, 5.41) is 0. The molecule has 7 nitrogen and oxygen atoms in total. The maximum absolute atomic E-state index is 12.8. The highest BCUT2D eigenvalue weighted by atomic mass is 16.8. The lowest BCUT2D eigenvalue weighted by molar-refractivity contribution is -0.347. The monoisotopic (exact) mass is 450 g/mol. The molecule has 0 N–H and O–H groups in total. The first-order valence-corrected chi connectivity index (χ1v) is 11.6. The fourth-order valence-electron chi connectivity index (χ4n) is 4.88. The van der Waals surface area contributed by atoms with Crippen molar-refractivity contribution in [2.24, 2.45) is 17.3 Å². The normalized spacial score (nSPS) is 28.7. The number of ether oxygens (including phenoxy) is 4. The predicted octanol–water partition coefficient (Wildman–Crippen LogP) is 4.25. The van der Waals surface area contributed by atoms with Crippen molar-refractivity contribution in [1.82, 2.24) is 0 Å². The molecule has 2 fully saturated rings. The fourth-order valence-corrected chi connectivity index (χ4v) is 4.88. The molecule has 2 saturated heterocycles. The summed E-state index contributed by atoms with van der Waals surface area (Å²) in [6.45, 7) is 17.8. The standard InChI is InChI=1S/C25H38O7/c1-10-18-13(2)19(26)14(3)20(30-18)15(4)21-16(5)25(28-11-12-29-25)17(6)22(31-21)32-23(27)24(7,8)9/h15-17,21-22H,10-12H2,1-9H3/t15-,16+,17-,21-,22?/m1/s1. The summed E-state index contributed by atoms with van der Waals surface area (Å²) in [6.07, 6.45) is -0.663. The van der Waals surface area contributed by atoms with Gasteiger partial charge in [-0.3, -0.25) is 9.59 Å². The van der Waals surface area contributed by atoms with Crippen molar-refractivity contribution < 1.29 is 28.2 Å². The molecule has 2 aliphatic heterocycles. The molecule has 0 amide bonds. The van der Waals surface area contributed by atoms with E-state index in [1.165, 1.54) is 0 Å². The van der Waals surface area contributed by atoms with Crippen LogP contribution >= 0.6 is 0 Å². The summed E-state index contributed by atoms with van der Waals surface area (Å²) >= 11 is 0. The Kier molecular flexibility index (Phi) is 6.95. The molecular formula is C25H38O7. The van der Waals surface area contributed by atoms with Crippen LogP contribution in [0.15, 0.2) is 9.21 Å². The minimum atomic E-state index is -0.938. The maximum atomic E-state index is 12.8. The zero-order valence-electron chi connectivity index (χ0n) is 20.9. The molecule has 2 aliphatic rings. The first-order chi connectivity index (χ1) is 14.8. The van der Waals surface area contributed by atoms with Crippen molar-refractivity contribution in [3.63, 3.8) is 0 Å². The van der Waals surface area contributed by atoms with E-state index in [1.807, 2.05) is 27.7 Å². The van der Waals surface area contributed by atoms with Gasteiger partial charge in [-0.1, -0.05) is 27.7 Å². The lowest BCUT2D eigenvalue weighted by Gasteiger charge is -2.50. The number of carbonyl (C=O) groups is 1. The molecule has 32 heavy (non-hydrogen) atoms. The van der Waals surface area contributed by atoms with E-state index in [9.17, 15) is 9.59 Å². The van der Waals surface area contributed by atoms with Crippen LogP contribution in [-0.2, 0) is 30.2 Å². The minimum Gasteiger partial charge on any atom is -0.465 e. The van der Waals surface area contributed by atoms with Gasteiger partial charge in [0.1, 0.15) is 11.5 Å². The second kappa shape index (κ2) is 8.92. The topological polar surface area (TPSA) is 84.2 Å². The molecule has 1 spiro atoms. The Morgan fingerprint density at radius 1 is 1.12 bits per heavy atom. The second-order valence-corrected chi connectivity index (χ2v) is 10.2. The number of carbonyl (C=O) groups excluding carboxylic acids is 1. The van der Waals surface area contributed by atoms with Crippen molar-refractivity contribution in [2.45, 2.75) is 92.8 Å². The van der Waals surface area contributed by atoms with Gasteiger partial charge in [0.25, 0.3) is 0 Å². The third-order valence-corrected chi connectivity index (χ3v) is 6.97. The highest BCUT2D eigenvalue weighted by Gasteiger charge is 2.59. The molecule has 3 heterocycles. The summed E-state index contributed by atoms with van der Waals surface area (Å²) in [5.41, 5.74) is 0.537. The van der Waals surface area contributed by atoms with Crippen LogP contribution in [0.5, 0.6) is 0 Å². The first-order valence-electron chi connectivity index (χ1n) is 11.6. The summed E-state index contributed by atoms with van der Waals surface area (Å²) in [7, 11) is 0. The number of rotatable bonds is 4. The lowest BCUT2D eigenvalue weighted by atomic mass is 9.76. The summed E-state index contributed by atoms with van der Waals surface area (Å²) in [5.74, 6) is -0.808. The van der Waals surface area contributed by atoms with Crippen LogP contribution < -0.4 is 5.43 Å². The molecule has 5 atom stereocenters. The van der Waals surface area contributed by atoms with Gasteiger partial charge in [-0.2, -0.15) is 0 Å². The van der Waals surface area contributed by atoms with Crippen LogP contribution in [-0.4, -0.2) is 37.4 Å². The second-order valence-electron chi connectivity index (χ2n) is 10.2. The number of hydrogen-bond acceptors (Lipinski definition) is 7. The van der Waals surface area contributed by atoms with Crippen LogP contribution in [0.1, 0.15) is 77.0 Å². The minimum absolute atomic E-state index is 0.00873. The average Bonchev–Trinajstić information content (AvgIpc) is 3.23. The molecule has 0 radical (unpaired) electrons. The fraction of sp³-hybridized carbons (Fsp3) is 0.760. The Morgan fingerprint density at radius 3 is 2.25 bits per heavy atom. The Hall–Kier alpha value is -1.70. The van der Waals surface area contributed by atoms with Crippen LogP contribution in [0.4, 0.5) is 0 Å². The van der Waals surface area contributed by atoms with Crippen LogP contribution in [0.3, 0.4) is 0 Å². The van der Waals surface area contributed by atoms with Gasteiger partial charge in [0.05, 0.1) is 30.7 Å². The van der Waals surface area contributed by atoms with E-state index in [4.69, 9.17) is 23.4 Å². The summed E-state index contributed by atoms with van der Waals surface area (Å²) in [6, 6.07) is 0. The molecule has 3 rings (SSSR count). The van der Waals surface area contributed by atoms with Crippen LogP contribution in [0.25, 0.3) is 0 Å². The van der Waals surface area contributed by atoms with Crippen LogP contribution in [0, 0.1) is 31.1 Å². The van der Waals surface area contributed by atoms with Gasteiger partial charge in [0.15, 0.2) is 11.2 Å². The molecule has 1 aromatic rings. The van der Waals surface area contributed by atoms with Crippen LogP contribution in [0.2, 0.25) is 0 Å². The molecule has 0 bridgehead atoms. The number of esters is 1. The van der Waals surface area contributed by atoms with Gasteiger partial charge in [-0.15, -0.1) is 0 Å². The van der Waals surface area contributed by atoms with E-state index in [0.29, 0.717) is 42.3 Å². The highest BCUT2D eigenvalue weighted by molar-refractivity contribution is 5.75. The van der Waals surface area contributed by atoms with Crippen molar-refractivity contribution in [1.29, 1.82) is 0 Å². The SMILES string of the molecule is CCc1oc([C@@H](C)[C@H]2OC(OC(=O)C(C)(C)C)[C@@H](C)C3(OCCO3)[C@H]2C)c(C)c(=O)c1C. The Labute approximate surface area is 190 Å². The van der Waals surface area contributed by atoms with Gasteiger partial charge in [-0.25, -0.2) is 0 Å². The molecule has 1 aromatic heterocycles. The van der Waals surface area contributed by atoms with E-state index in [1.54, 1.807) is 34.6 Å². The first kappa shape index (κ1) is 24.9. The van der Waals surface area contributed by atoms with Gasteiger partial charge < -0.3 is 23.4 Å². The smallest absolute Gasteiger partial charge is 0.313 e. The van der Waals surface area contributed by atoms with Gasteiger partial charge in [-0.05, 0) is 34.6 Å². The molecular weight excluding hydrogens is 412 g/mol. The lowest BCUT2D eigenvalue weighted by Crippen LogP contribution is -2.61. The number of hydrogen-bond donors (Lipinski definition) is 0. The maximum Gasteiger partial charge on any atom is 0.313 e. The number of aryl methyl sites for hydroxylation is 1. The molecule has 0 aliphatic carbocycles. The Bertz CT molecular complexity index is 904. The Balaban J connectivity index is 2.02. The van der Waals surface area contributed by atoms with E-state index in [0.717, 1.165) is 0 Å². The summed E-state index contributed by atoms with van der Waals surface area (Å²) < 4.78 is 30.8. The molecule has 1 unspecified atom stereocenters. The predicted molar refractivity (Wildman–Crippen MR) is 119 cm³/mol. The van der Waals surface area contributed by atoms with Crippen molar-refractivity contribution in [3.8, 4) is 0 Å². The molecule has 7 heteroatoms. The van der Waals surface area contributed by atoms with Gasteiger partial charge in [0.2, 0.25) is 6.29 Å². The molecule has 0 aromatic carbocycles. The Morgan fingerprint density at radius 2 is 1.72 bits per heavy atom. The molecule has 180 valence electrons. The zero-order valence-corrected chi connectivity index (χ0v) is 20.9. The molecule has 0 saturated carbocycles. The zero-order chi connectivity index (χ0) is 24.0. The van der Waals surface area contributed by atoms with E-state index in [-0.39, 0.29) is 29.2 Å². The van der Waals surface area contributed by atoms with Crippen molar-refractivity contribution in [3.05, 3.63) is 32.9 Å². The average molecular weight is 451 g/mol. The largest absolute Gasteiger partial charge is 0.465 e. The van der Waals surface area contributed by atoms with Crippen molar-refractivity contribution in [2.75, 3.05) is 13.2 Å². The van der Waals surface area contributed by atoms with Gasteiger partial charge >= 0.3 is 5.97 Å². The van der Waals surface area contributed by atoms with Crippen molar-refractivity contribution >= 4 is 5.97 Å². The van der Waals surface area contributed by atoms with Gasteiger partial charge in [0, 0.05) is 29.4 Å². The third kappa shape index (κ3) is 4.15. The summed E-state index contributed by atoms with van der Waals surface area (Å²) in [4.78, 5) is 25.5. The quantitative estimate of drug-likeness (QED) is 0.634. The highest BCUT2D eigenvalue weighted by Crippen LogP contribution is 2.48. The van der Waals surface area contributed by atoms with E-state index in [2.05, 4.69) is 0 Å².